The van der Waals surface area contributed by atoms with Crippen molar-refractivity contribution in [2.75, 3.05) is 40.0 Å². The number of benzene rings is 1. The molecule has 142 valence electrons. The lowest BCUT2D eigenvalue weighted by atomic mass is 10.1. The lowest BCUT2D eigenvalue weighted by Gasteiger charge is -2.18. The molecule has 0 amide bonds. The predicted molar refractivity (Wildman–Crippen MR) is 111 cm³/mol. The molecule has 25 heavy (non-hydrogen) atoms. The third kappa shape index (κ3) is 7.79. The lowest BCUT2D eigenvalue weighted by Crippen LogP contribution is -2.38. The molecule has 6 nitrogen and oxygen atoms in total. The average molecular weight is 463 g/mol. The van der Waals surface area contributed by atoms with E-state index in [-0.39, 0.29) is 30.1 Å². The molecule has 0 spiro atoms. The summed E-state index contributed by atoms with van der Waals surface area (Å²) in [5.74, 6) is 1.67. The average Bonchev–Trinajstić information content (AvgIpc) is 3.09. The summed E-state index contributed by atoms with van der Waals surface area (Å²) in [6.07, 6.45) is 1.09. The number of aliphatic imine (C=N–C) groups is 1. The minimum atomic E-state index is 0. The van der Waals surface area contributed by atoms with Gasteiger partial charge in [-0.1, -0.05) is 12.1 Å². The summed E-state index contributed by atoms with van der Waals surface area (Å²) in [6, 6.07) is 6.28. The van der Waals surface area contributed by atoms with Crippen LogP contribution in [0, 0.1) is 6.92 Å². The van der Waals surface area contributed by atoms with Gasteiger partial charge in [0.2, 0.25) is 0 Å². The van der Waals surface area contributed by atoms with Gasteiger partial charge in [-0.2, -0.15) is 0 Å². The van der Waals surface area contributed by atoms with E-state index in [1.807, 2.05) is 6.92 Å². The zero-order chi connectivity index (χ0) is 17.2. The van der Waals surface area contributed by atoms with Crippen LogP contribution in [0.4, 0.5) is 0 Å². The van der Waals surface area contributed by atoms with E-state index in [0.717, 1.165) is 43.5 Å². The summed E-state index contributed by atoms with van der Waals surface area (Å²) >= 11 is 0. The Kier molecular flexibility index (Phi) is 10.8. The number of hydrogen-bond donors (Lipinski definition) is 2. The van der Waals surface area contributed by atoms with E-state index in [0.29, 0.717) is 19.8 Å². The smallest absolute Gasteiger partial charge is 0.191 e. The van der Waals surface area contributed by atoms with Gasteiger partial charge in [0, 0.05) is 38.7 Å². The molecule has 0 saturated carbocycles. The van der Waals surface area contributed by atoms with Crippen LogP contribution in [0.3, 0.4) is 0 Å². The first-order chi connectivity index (χ1) is 11.7. The Hall–Kier alpha value is -1.06. The highest BCUT2D eigenvalue weighted by Gasteiger charge is 2.18. The summed E-state index contributed by atoms with van der Waals surface area (Å²) in [5, 5.41) is 6.55. The largest absolute Gasteiger partial charge is 0.488 e. The van der Waals surface area contributed by atoms with Gasteiger partial charge in [0.15, 0.2) is 5.96 Å². The maximum Gasteiger partial charge on any atom is 0.191 e. The van der Waals surface area contributed by atoms with Gasteiger partial charge in [-0.05, 0) is 25.5 Å². The van der Waals surface area contributed by atoms with Gasteiger partial charge in [0.25, 0.3) is 0 Å². The van der Waals surface area contributed by atoms with Crippen LogP contribution in [0.2, 0.25) is 0 Å². The molecule has 1 heterocycles. The van der Waals surface area contributed by atoms with Gasteiger partial charge < -0.3 is 24.8 Å². The Morgan fingerprint density at radius 2 is 2.20 bits per heavy atom. The standard InChI is InChI=1S/C18H29N3O3.HI/c1-4-22-10-8-20-18(19-3)21-12-15-6-5-14(2)11-17(15)24-16-7-9-23-13-16;/h5-6,11,16H,4,7-10,12-13H2,1-3H3,(H2,19,20,21);1H. The van der Waals surface area contributed by atoms with Crippen LogP contribution in [0.15, 0.2) is 23.2 Å². The number of rotatable bonds is 8. The molecule has 0 radical (unpaired) electrons. The van der Waals surface area contributed by atoms with Gasteiger partial charge in [-0.25, -0.2) is 0 Å². The third-order valence-corrected chi connectivity index (χ3v) is 3.82. The molecule has 0 bridgehead atoms. The summed E-state index contributed by atoms with van der Waals surface area (Å²) in [5.41, 5.74) is 2.30. The van der Waals surface area contributed by atoms with E-state index in [4.69, 9.17) is 14.2 Å². The molecule has 2 rings (SSSR count). The van der Waals surface area contributed by atoms with Crippen molar-refractivity contribution in [1.29, 1.82) is 0 Å². The second-order valence-electron chi connectivity index (χ2n) is 5.76. The molecule has 7 heteroatoms. The first-order valence-electron chi connectivity index (χ1n) is 8.59. The molecule has 0 aliphatic carbocycles. The van der Waals surface area contributed by atoms with Crippen molar-refractivity contribution in [3.63, 3.8) is 0 Å². The molecule has 1 unspecified atom stereocenters. The van der Waals surface area contributed by atoms with Gasteiger partial charge in [-0.15, -0.1) is 24.0 Å². The van der Waals surface area contributed by atoms with E-state index < -0.39 is 0 Å². The van der Waals surface area contributed by atoms with Crippen molar-refractivity contribution >= 4 is 29.9 Å². The zero-order valence-electron chi connectivity index (χ0n) is 15.3. The fourth-order valence-corrected chi connectivity index (χ4v) is 2.49. The Bertz CT molecular complexity index is 534. The number of aryl methyl sites for hydroxylation is 1. The monoisotopic (exact) mass is 463 g/mol. The number of guanidine groups is 1. The van der Waals surface area contributed by atoms with Crippen molar-refractivity contribution in [2.45, 2.75) is 32.9 Å². The Morgan fingerprint density at radius 3 is 2.88 bits per heavy atom. The van der Waals surface area contributed by atoms with Crippen LogP contribution in [-0.4, -0.2) is 52.1 Å². The van der Waals surface area contributed by atoms with Crippen molar-refractivity contribution in [1.82, 2.24) is 10.6 Å². The predicted octanol–water partition coefficient (Wildman–Crippen LogP) is 2.48. The van der Waals surface area contributed by atoms with E-state index in [9.17, 15) is 0 Å². The SMILES string of the molecule is CCOCCNC(=NC)NCc1ccc(C)cc1OC1CCOC1.I. The maximum atomic E-state index is 6.12. The summed E-state index contributed by atoms with van der Waals surface area (Å²) in [6.45, 7) is 8.27. The molecule has 0 aromatic heterocycles. The number of halogens is 1. The normalized spacial score (nSPS) is 17.1. The van der Waals surface area contributed by atoms with Crippen LogP contribution in [0.5, 0.6) is 5.75 Å². The second-order valence-corrected chi connectivity index (χ2v) is 5.76. The minimum absolute atomic E-state index is 0. The van der Waals surface area contributed by atoms with E-state index in [1.165, 1.54) is 5.56 Å². The van der Waals surface area contributed by atoms with E-state index in [1.54, 1.807) is 7.05 Å². The highest BCUT2D eigenvalue weighted by atomic mass is 127. The number of hydrogen-bond acceptors (Lipinski definition) is 4. The molecule has 1 aromatic rings. The second kappa shape index (κ2) is 12.3. The number of nitrogens with zero attached hydrogens (tertiary/aromatic N) is 1. The highest BCUT2D eigenvalue weighted by Crippen LogP contribution is 2.23. The molecule has 1 saturated heterocycles. The first kappa shape index (κ1) is 22.0. The van der Waals surface area contributed by atoms with E-state index in [2.05, 4.69) is 40.7 Å². The molecule has 1 fully saturated rings. The van der Waals surface area contributed by atoms with Crippen LogP contribution in [-0.2, 0) is 16.0 Å². The molecular weight excluding hydrogens is 433 g/mol. The van der Waals surface area contributed by atoms with Gasteiger partial charge in [0.05, 0.1) is 19.8 Å². The molecular formula is C18H30IN3O3. The van der Waals surface area contributed by atoms with Crippen LogP contribution in [0.1, 0.15) is 24.5 Å². The maximum absolute atomic E-state index is 6.12. The van der Waals surface area contributed by atoms with Crippen LogP contribution in [0.25, 0.3) is 0 Å². The summed E-state index contributed by atoms with van der Waals surface area (Å²) in [7, 11) is 1.76. The van der Waals surface area contributed by atoms with Crippen LogP contribution >= 0.6 is 24.0 Å². The quantitative estimate of drug-likeness (QED) is 0.269. The van der Waals surface area contributed by atoms with Gasteiger partial charge in [-0.3, -0.25) is 4.99 Å². The zero-order valence-corrected chi connectivity index (χ0v) is 17.7. The number of nitrogens with one attached hydrogen (secondary N) is 2. The van der Waals surface area contributed by atoms with Gasteiger partial charge >= 0.3 is 0 Å². The Morgan fingerprint density at radius 1 is 1.36 bits per heavy atom. The Balaban J connectivity index is 0.00000312. The molecule has 1 atom stereocenters. The fourth-order valence-electron chi connectivity index (χ4n) is 2.49. The first-order valence-corrected chi connectivity index (χ1v) is 8.59. The van der Waals surface area contributed by atoms with E-state index >= 15 is 0 Å². The van der Waals surface area contributed by atoms with Crippen molar-refractivity contribution in [2.24, 2.45) is 4.99 Å². The minimum Gasteiger partial charge on any atom is -0.488 e. The Labute approximate surface area is 167 Å². The summed E-state index contributed by atoms with van der Waals surface area (Å²) < 4.78 is 16.8. The molecule has 1 aliphatic rings. The molecule has 1 aromatic carbocycles. The fraction of sp³-hybridized carbons (Fsp3) is 0.611. The molecule has 2 N–H and O–H groups in total. The number of ether oxygens (including phenoxy) is 3. The van der Waals surface area contributed by atoms with Crippen molar-refractivity contribution in [3.8, 4) is 5.75 Å². The van der Waals surface area contributed by atoms with Crippen LogP contribution < -0.4 is 15.4 Å². The highest BCUT2D eigenvalue weighted by molar-refractivity contribution is 14.0. The van der Waals surface area contributed by atoms with Gasteiger partial charge in [0.1, 0.15) is 11.9 Å². The molecule has 1 aliphatic heterocycles. The van der Waals surface area contributed by atoms with Crippen molar-refractivity contribution in [3.05, 3.63) is 29.3 Å². The third-order valence-electron chi connectivity index (χ3n) is 3.82. The summed E-state index contributed by atoms with van der Waals surface area (Å²) in [4.78, 5) is 4.23. The lowest BCUT2D eigenvalue weighted by molar-refractivity contribution is 0.140. The van der Waals surface area contributed by atoms with Crippen molar-refractivity contribution < 1.29 is 14.2 Å². The topological polar surface area (TPSA) is 64.1 Å².